The summed E-state index contributed by atoms with van der Waals surface area (Å²) in [5.74, 6) is 0. The summed E-state index contributed by atoms with van der Waals surface area (Å²) in [7, 11) is 0. The maximum absolute atomic E-state index is 4.66. The van der Waals surface area contributed by atoms with Crippen molar-refractivity contribution in [1.29, 1.82) is 0 Å². The van der Waals surface area contributed by atoms with Crippen LogP contribution in [0.15, 0.2) is 30.6 Å². The first-order chi connectivity index (χ1) is 8.92. The van der Waals surface area contributed by atoms with Gasteiger partial charge in [0.15, 0.2) is 0 Å². The molecule has 0 aliphatic rings. The fourth-order valence-electron chi connectivity index (χ4n) is 1.79. The van der Waals surface area contributed by atoms with Crippen molar-refractivity contribution in [3.63, 3.8) is 0 Å². The Morgan fingerprint density at radius 2 is 1.95 bits per heavy atom. The van der Waals surface area contributed by atoms with Crippen LogP contribution in [0, 0.1) is 6.92 Å². The molecule has 0 amide bonds. The fraction of sp³-hybridized carbons (Fsp3) is 0.467. The highest BCUT2D eigenvalue weighted by Crippen LogP contribution is 2.05. The Hall–Kier alpha value is -1.68. The molecule has 4 heteroatoms. The van der Waals surface area contributed by atoms with Crippen LogP contribution in [0.5, 0.6) is 0 Å². The summed E-state index contributed by atoms with van der Waals surface area (Å²) in [5, 5.41) is 7.74. The van der Waals surface area contributed by atoms with Gasteiger partial charge in [-0.25, -0.2) is 0 Å². The van der Waals surface area contributed by atoms with E-state index in [4.69, 9.17) is 0 Å². The van der Waals surface area contributed by atoms with Crippen LogP contribution in [0.4, 0.5) is 0 Å². The molecular formula is C15H22N4. The van der Waals surface area contributed by atoms with E-state index in [-0.39, 0.29) is 5.54 Å². The van der Waals surface area contributed by atoms with Crippen LogP contribution in [0.25, 0.3) is 0 Å². The Balaban J connectivity index is 2.02. The van der Waals surface area contributed by atoms with E-state index in [0.717, 1.165) is 24.5 Å². The third kappa shape index (κ3) is 4.48. The number of aryl methyl sites for hydroxylation is 1. The molecule has 2 heterocycles. The molecule has 19 heavy (non-hydrogen) atoms. The van der Waals surface area contributed by atoms with Crippen LogP contribution in [-0.4, -0.2) is 20.3 Å². The SMILES string of the molecule is Cc1cnn(Cc2cccc(CNC(C)(C)C)n2)c1. The molecular weight excluding hydrogens is 236 g/mol. The Morgan fingerprint density at radius 3 is 2.58 bits per heavy atom. The number of nitrogens with one attached hydrogen (secondary N) is 1. The standard InChI is InChI=1S/C15H22N4/c1-12-8-17-19(10-12)11-14-7-5-6-13(18-14)9-16-15(2,3)4/h5-8,10,16H,9,11H2,1-4H3. The number of aromatic nitrogens is 3. The molecule has 0 unspecified atom stereocenters. The van der Waals surface area contributed by atoms with Crippen LogP contribution >= 0.6 is 0 Å². The van der Waals surface area contributed by atoms with Crippen LogP contribution < -0.4 is 5.32 Å². The van der Waals surface area contributed by atoms with E-state index in [2.05, 4.69) is 48.3 Å². The van der Waals surface area contributed by atoms with E-state index in [9.17, 15) is 0 Å². The summed E-state index contributed by atoms with van der Waals surface area (Å²) in [6.45, 7) is 10.0. The lowest BCUT2D eigenvalue weighted by Gasteiger charge is -2.20. The van der Waals surface area contributed by atoms with Crippen LogP contribution in [0.1, 0.15) is 37.7 Å². The molecule has 2 rings (SSSR count). The first-order valence-corrected chi connectivity index (χ1v) is 6.61. The average molecular weight is 258 g/mol. The van der Waals surface area contributed by atoms with Gasteiger partial charge in [0, 0.05) is 18.3 Å². The van der Waals surface area contributed by atoms with Crippen molar-refractivity contribution in [3.05, 3.63) is 47.5 Å². The third-order valence-corrected chi connectivity index (χ3v) is 2.75. The zero-order valence-corrected chi connectivity index (χ0v) is 12.1. The van der Waals surface area contributed by atoms with E-state index in [1.165, 1.54) is 5.56 Å². The number of nitrogens with zero attached hydrogens (tertiary/aromatic N) is 3. The first-order valence-electron chi connectivity index (χ1n) is 6.61. The predicted molar refractivity (Wildman–Crippen MR) is 76.9 cm³/mol. The van der Waals surface area contributed by atoms with E-state index in [1.54, 1.807) is 0 Å². The molecule has 0 aliphatic heterocycles. The summed E-state index contributed by atoms with van der Waals surface area (Å²) in [6.07, 6.45) is 3.90. The molecule has 0 atom stereocenters. The Bertz CT molecular complexity index is 537. The van der Waals surface area contributed by atoms with Crippen molar-refractivity contribution in [2.45, 2.75) is 46.3 Å². The minimum Gasteiger partial charge on any atom is -0.306 e. The first kappa shape index (κ1) is 13.7. The number of rotatable bonds is 4. The molecule has 0 saturated carbocycles. The molecule has 1 N–H and O–H groups in total. The van der Waals surface area contributed by atoms with Gasteiger partial charge in [-0.2, -0.15) is 5.10 Å². The van der Waals surface area contributed by atoms with E-state index < -0.39 is 0 Å². The molecule has 0 aliphatic carbocycles. The van der Waals surface area contributed by atoms with Crippen molar-refractivity contribution >= 4 is 0 Å². The van der Waals surface area contributed by atoms with Gasteiger partial charge in [0.1, 0.15) is 0 Å². The molecule has 0 aromatic carbocycles. The Labute approximate surface area is 114 Å². The van der Waals surface area contributed by atoms with Gasteiger partial charge in [-0.05, 0) is 45.4 Å². The summed E-state index contributed by atoms with van der Waals surface area (Å²) >= 11 is 0. The van der Waals surface area contributed by atoms with Gasteiger partial charge in [-0.1, -0.05) is 6.07 Å². The van der Waals surface area contributed by atoms with Gasteiger partial charge in [-0.15, -0.1) is 0 Å². The predicted octanol–water partition coefficient (Wildman–Crippen LogP) is 2.52. The number of hydrogen-bond acceptors (Lipinski definition) is 3. The minimum absolute atomic E-state index is 0.108. The fourth-order valence-corrected chi connectivity index (χ4v) is 1.79. The van der Waals surface area contributed by atoms with Crippen molar-refractivity contribution in [3.8, 4) is 0 Å². The average Bonchev–Trinajstić information content (AvgIpc) is 2.72. The Morgan fingerprint density at radius 1 is 1.21 bits per heavy atom. The zero-order valence-electron chi connectivity index (χ0n) is 12.1. The largest absolute Gasteiger partial charge is 0.306 e. The molecule has 2 aromatic rings. The summed E-state index contributed by atoms with van der Waals surface area (Å²) in [4.78, 5) is 4.66. The van der Waals surface area contributed by atoms with Gasteiger partial charge >= 0.3 is 0 Å². The third-order valence-electron chi connectivity index (χ3n) is 2.75. The summed E-state index contributed by atoms with van der Waals surface area (Å²) in [6, 6.07) is 6.15. The van der Waals surface area contributed by atoms with Crippen LogP contribution in [0.2, 0.25) is 0 Å². The normalized spacial score (nSPS) is 11.8. The minimum atomic E-state index is 0.108. The van der Waals surface area contributed by atoms with E-state index >= 15 is 0 Å². The highest BCUT2D eigenvalue weighted by atomic mass is 15.3. The van der Waals surface area contributed by atoms with Gasteiger partial charge in [0.25, 0.3) is 0 Å². The second kappa shape index (κ2) is 5.53. The van der Waals surface area contributed by atoms with Gasteiger partial charge in [0.05, 0.1) is 24.1 Å². The van der Waals surface area contributed by atoms with Crippen molar-refractivity contribution in [2.75, 3.05) is 0 Å². The monoisotopic (exact) mass is 258 g/mol. The maximum Gasteiger partial charge on any atom is 0.0831 e. The maximum atomic E-state index is 4.66. The quantitative estimate of drug-likeness (QED) is 0.916. The molecule has 0 radical (unpaired) electrons. The molecule has 0 bridgehead atoms. The molecule has 0 saturated heterocycles. The highest BCUT2D eigenvalue weighted by molar-refractivity contribution is 5.12. The zero-order chi connectivity index (χ0) is 13.9. The summed E-state index contributed by atoms with van der Waals surface area (Å²) in [5.41, 5.74) is 3.38. The van der Waals surface area contributed by atoms with Gasteiger partial charge in [-0.3, -0.25) is 9.67 Å². The molecule has 0 spiro atoms. The van der Waals surface area contributed by atoms with Gasteiger partial charge in [0.2, 0.25) is 0 Å². The topological polar surface area (TPSA) is 42.7 Å². The molecule has 0 fully saturated rings. The number of pyridine rings is 1. The molecule has 2 aromatic heterocycles. The smallest absolute Gasteiger partial charge is 0.0831 e. The molecule has 4 nitrogen and oxygen atoms in total. The lowest BCUT2D eigenvalue weighted by molar-refractivity contribution is 0.421. The lowest BCUT2D eigenvalue weighted by Crippen LogP contribution is -2.35. The van der Waals surface area contributed by atoms with E-state index in [0.29, 0.717) is 0 Å². The van der Waals surface area contributed by atoms with Crippen molar-refractivity contribution in [2.24, 2.45) is 0 Å². The Kier molecular flexibility index (Phi) is 4.00. The van der Waals surface area contributed by atoms with E-state index in [1.807, 2.05) is 30.1 Å². The van der Waals surface area contributed by atoms with Crippen molar-refractivity contribution in [1.82, 2.24) is 20.1 Å². The molecule has 102 valence electrons. The lowest BCUT2D eigenvalue weighted by atomic mass is 10.1. The van der Waals surface area contributed by atoms with Crippen LogP contribution in [0.3, 0.4) is 0 Å². The van der Waals surface area contributed by atoms with Crippen molar-refractivity contribution < 1.29 is 0 Å². The second-order valence-corrected chi connectivity index (χ2v) is 5.94. The van der Waals surface area contributed by atoms with Gasteiger partial charge < -0.3 is 5.32 Å². The second-order valence-electron chi connectivity index (χ2n) is 5.94. The highest BCUT2D eigenvalue weighted by Gasteiger charge is 2.09. The number of hydrogen-bond donors (Lipinski definition) is 1. The van der Waals surface area contributed by atoms with Crippen LogP contribution in [-0.2, 0) is 13.1 Å². The summed E-state index contributed by atoms with van der Waals surface area (Å²) < 4.78 is 1.92.